The third kappa shape index (κ3) is 2.63. The second-order valence-corrected chi connectivity index (χ2v) is 4.24. The highest BCUT2D eigenvalue weighted by Crippen LogP contribution is 2.20. The first-order chi connectivity index (χ1) is 8.99. The molecule has 0 unspecified atom stereocenters. The molecule has 2 aromatic carbocycles. The molecule has 0 bridgehead atoms. The Hall–Kier alpha value is -2.62. The first kappa shape index (κ1) is 12.8. The van der Waals surface area contributed by atoms with E-state index in [-0.39, 0.29) is 22.7 Å². The Kier molecular flexibility index (Phi) is 3.33. The fraction of sp³-hybridized carbons (Fsp3) is 0.0667. The quantitative estimate of drug-likeness (QED) is 0.828. The number of carboxylic acids is 1. The van der Waals surface area contributed by atoms with Crippen LogP contribution < -0.4 is 0 Å². The standard InChI is InChI=1S/C15H12O4/c1-9-3-2-4-10(7-9)14(17)11-5-6-13(16)12(8-11)15(18)19/h2-8,16H,1H3,(H,18,19). The normalized spacial score (nSPS) is 10.2. The highest BCUT2D eigenvalue weighted by molar-refractivity contribution is 6.10. The van der Waals surface area contributed by atoms with Gasteiger partial charge in [0.1, 0.15) is 11.3 Å². The molecule has 4 nitrogen and oxygen atoms in total. The van der Waals surface area contributed by atoms with Gasteiger partial charge in [0.15, 0.2) is 5.78 Å². The largest absolute Gasteiger partial charge is 0.507 e. The molecule has 2 N–H and O–H groups in total. The van der Waals surface area contributed by atoms with Crippen LogP contribution in [-0.4, -0.2) is 22.0 Å². The molecule has 0 aliphatic heterocycles. The molecular weight excluding hydrogens is 244 g/mol. The highest BCUT2D eigenvalue weighted by atomic mass is 16.4. The lowest BCUT2D eigenvalue weighted by atomic mass is 9.99. The summed E-state index contributed by atoms with van der Waals surface area (Å²) in [7, 11) is 0. The van der Waals surface area contributed by atoms with Gasteiger partial charge in [-0.15, -0.1) is 0 Å². The Bertz CT molecular complexity index is 659. The molecule has 0 radical (unpaired) electrons. The SMILES string of the molecule is Cc1cccc(C(=O)c2ccc(O)c(C(=O)O)c2)c1. The second-order valence-electron chi connectivity index (χ2n) is 4.24. The molecule has 19 heavy (non-hydrogen) atoms. The molecule has 96 valence electrons. The third-order valence-corrected chi connectivity index (χ3v) is 2.77. The minimum atomic E-state index is -1.27. The number of hydrogen-bond acceptors (Lipinski definition) is 3. The van der Waals surface area contributed by atoms with E-state index in [0.717, 1.165) is 5.56 Å². The molecular formula is C15H12O4. The van der Waals surface area contributed by atoms with Crippen molar-refractivity contribution in [1.29, 1.82) is 0 Å². The summed E-state index contributed by atoms with van der Waals surface area (Å²) in [6.07, 6.45) is 0. The Labute approximate surface area is 109 Å². The lowest BCUT2D eigenvalue weighted by Crippen LogP contribution is -2.04. The van der Waals surface area contributed by atoms with Gasteiger partial charge in [0.05, 0.1) is 0 Å². The molecule has 0 fully saturated rings. The molecule has 2 rings (SSSR count). The summed E-state index contributed by atoms with van der Waals surface area (Å²) in [5, 5.41) is 18.3. The van der Waals surface area contributed by atoms with E-state index < -0.39 is 5.97 Å². The van der Waals surface area contributed by atoms with E-state index >= 15 is 0 Å². The smallest absolute Gasteiger partial charge is 0.339 e. The van der Waals surface area contributed by atoms with Crippen LogP contribution in [0.5, 0.6) is 5.75 Å². The van der Waals surface area contributed by atoms with Crippen LogP contribution in [0.4, 0.5) is 0 Å². The van der Waals surface area contributed by atoms with E-state index in [0.29, 0.717) is 5.56 Å². The van der Waals surface area contributed by atoms with Crippen LogP contribution in [0.25, 0.3) is 0 Å². The number of ketones is 1. The van der Waals surface area contributed by atoms with E-state index in [4.69, 9.17) is 5.11 Å². The zero-order valence-corrected chi connectivity index (χ0v) is 10.3. The number of rotatable bonds is 3. The fourth-order valence-corrected chi connectivity index (χ4v) is 1.80. The van der Waals surface area contributed by atoms with E-state index in [1.807, 2.05) is 13.0 Å². The van der Waals surface area contributed by atoms with Crippen molar-refractivity contribution in [2.45, 2.75) is 6.92 Å². The van der Waals surface area contributed by atoms with Gasteiger partial charge >= 0.3 is 5.97 Å². The van der Waals surface area contributed by atoms with E-state index in [9.17, 15) is 14.7 Å². The topological polar surface area (TPSA) is 74.6 Å². The van der Waals surface area contributed by atoms with Crippen molar-refractivity contribution in [2.24, 2.45) is 0 Å². The van der Waals surface area contributed by atoms with Crippen LogP contribution in [-0.2, 0) is 0 Å². The first-order valence-electron chi connectivity index (χ1n) is 5.66. The van der Waals surface area contributed by atoms with Crippen LogP contribution in [0.15, 0.2) is 42.5 Å². The lowest BCUT2D eigenvalue weighted by molar-refractivity contribution is 0.0693. The molecule has 0 atom stereocenters. The maximum atomic E-state index is 12.2. The summed E-state index contributed by atoms with van der Waals surface area (Å²) in [6.45, 7) is 1.87. The van der Waals surface area contributed by atoms with Crippen LogP contribution in [0, 0.1) is 6.92 Å². The number of benzene rings is 2. The predicted octanol–water partition coefficient (Wildman–Crippen LogP) is 2.63. The van der Waals surface area contributed by atoms with E-state index in [1.165, 1.54) is 18.2 Å². The number of hydrogen-bond donors (Lipinski definition) is 2. The van der Waals surface area contributed by atoms with Gasteiger partial charge in [-0.3, -0.25) is 4.79 Å². The molecule has 2 aromatic rings. The average molecular weight is 256 g/mol. The van der Waals surface area contributed by atoms with Gasteiger partial charge in [-0.05, 0) is 31.2 Å². The third-order valence-electron chi connectivity index (χ3n) is 2.77. The summed E-state index contributed by atoms with van der Waals surface area (Å²) in [5.41, 5.74) is 1.39. The van der Waals surface area contributed by atoms with Gasteiger partial charge in [0.2, 0.25) is 0 Å². The minimum absolute atomic E-state index is 0.237. The maximum absolute atomic E-state index is 12.2. The molecule has 0 aliphatic rings. The molecule has 0 saturated heterocycles. The summed E-state index contributed by atoms with van der Waals surface area (Å²) in [6, 6.07) is 10.8. The monoisotopic (exact) mass is 256 g/mol. The van der Waals surface area contributed by atoms with Crippen molar-refractivity contribution in [3.63, 3.8) is 0 Å². The first-order valence-corrected chi connectivity index (χ1v) is 5.66. The van der Waals surface area contributed by atoms with Gasteiger partial charge in [-0.25, -0.2) is 4.79 Å². The minimum Gasteiger partial charge on any atom is -0.507 e. The fourth-order valence-electron chi connectivity index (χ4n) is 1.80. The summed E-state index contributed by atoms with van der Waals surface area (Å²) in [5.74, 6) is -1.89. The van der Waals surface area contributed by atoms with Crippen molar-refractivity contribution in [3.05, 3.63) is 64.7 Å². The molecule has 0 saturated carbocycles. The Morgan fingerprint density at radius 1 is 1.00 bits per heavy atom. The van der Waals surface area contributed by atoms with Gasteiger partial charge in [-0.2, -0.15) is 0 Å². The number of carbonyl (C=O) groups is 2. The molecule has 0 amide bonds. The summed E-state index contributed by atoms with van der Waals surface area (Å²) >= 11 is 0. The zero-order valence-electron chi connectivity index (χ0n) is 10.3. The second kappa shape index (κ2) is 4.94. The van der Waals surface area contributed by atoms with Gasteiger partial charge in [0, 0.05) is 11.1 Å². The maximum Gasteiger partial charge on any atom is 0.339 e. The molecule has 0 aliphatic carbocycles. The number of phenols is 1. The highest BCUT2D eigenvalue weighted by Gasteiger charge is 2.15. The van der Waals surface area contributed by atoms with E-state index in [2.05, 4.69) is 0 Å². The predicted molar refractivity (Wildman–Crippen MR) is 69.7 cm³/mol. The number of aromatic hydroxyl groups is 1. The van der Waals surface area contributed by atoms with Crippen molar-refractivity contribution in [2.75, 3.05) is 0 Å². The zero-order chi connectivity index (χ0) is 14.0. The summed E-state index contributed by atoms with van der Waals surface area (Å²) < 4.78 is 0. The van der Waals surface area contributed by atoms with Crippen molar-refractivity contribution in [3.8, 4) is 5.75 Å². The molecule has 0 spiro atoms. The Morgan fingerprint density at radius 2 is 1.68 bits per heavy atom. The molecule has 4 heteroatoms. The van der Waals surface area contributed by atoms with E-state index in [1.54, 1.807) is 18.2 Å². The lowest BCUT2D eigenvalue weighted by Gasteiger charge is -2.05. The number of carboxylic acid groups (broad SMARTS) is 1. The summed E-state index contributed by atoms with van der Waals surface area (Å²) in [4.78, 5) is 23.1. The Balaban J connectivity index is 2.45. The van der Waals surface area contributed by atoms with Gasteiger partial charge < -0.3 is 10.2 Å². The van der Waals surface area contributed by atoms with Crippen molar-refractivity contribution >= 4 is 11.8 Å². The molecule has 0 aromatic heterocycles. The Morgan fingerprint density at radius 3 is 2.32 bits per heavy atom. The van der Waals surface area contributed by atoms with Gasteiger partial charge in [-0.1, -0.05) is 23.8 Å². The van der Waals surface area contributed by atoms with Crippen LogP contribution in [0.1, 0.15) is 31.8 Å². The number of aromatic carboxylic acids is 1. The average Bonchev–Trinajstić information content (AvgIpc) is 2.38. The number of aryl methyl sites for hydroxylation is 1. The number of carbonyl (C=O) groups excluding carboxylic acids is 1. The van der Waals surface area contributed by atoms with Crippen molar-refractivity contribution in [1.82, 2.24) is 0 Å². The van der Waals surface area contributed by atoms with Crippen molar-refractivity contribution < 1.29 is 19.8 Å². The van der Waals surface area contributed by atoms with Crippen LogP contribution in [0.3, 0.4) is 0 Å². The van der Waals surface area contributed by atoms with Crippen LogP contribution in [0.2, 0.25) is 0 Å². The molecule has 0 heterocycles. The van der Waals surface area contributed by atoms with Gasteiger partial charge in [0.25, 0.3) is 0 Å². The van der Waals surface area contributed by atoms with Crippen LogP contribution >= 0.6 is 0 Å².